The van der Waals surface area contributed by atoms with Crippen LogP contribution in [0.1, 0.15) is 27.2 Å². The Morgan fingerprint density at radius 3 is 2.64 bits per heavy atom. The molecule has 0 aromatic rings. The van der Waals surface area contributed by atoms with E-state index in [0.717, 1.165) is 13.1 Å². The predicted molar refractivity (Wildman–Crippen MR) is 62.5 cm³/mol. The van der Waals surface area contributed by atoms with Gasteiger partial charge in [-0.3, -0.25) is 0 Å². The molecule has 2 heteroatoms. The van der Waals surface area contributed by atoms with Crippen LogP contribution in [0.4, 0.5) is 0 Å². The fourth-order valence-electron chi connectivity index (χ4n) is 1.38. The monoisotopic (exact) mass is 197 g/mol. The van der Waals surface area contributed by atoms with E-state index in [1.807, 2.05) is 13.0 Å². The number of nitrogens with zero attached hydrogens (tertiary/aromatic N) is 1. The molecular weight excluding hydrogens is 174 g/mol. The predicted octanol–water partition coefficient (Wildman–Crippen LogP) is 2.98. The molecule has 0 saturated carbocycles. The maximum Gasteiger partial charge on any atom is 0.111 e. The topological polar surface area (TPSA) is 23.5 Å². The van der Waals surface area contributed by atoms with Gasteiger partial charge in [0.15, 0.2) is 0 Å². The van der Waals surface area contributed by atoms with Crippen LogP contribution in [0.25, 0.3) is 0 Å². The first-order chi connectivity index (χ1) is 6.60. The standard InChI is InChI=1S/C12H23NO/c1-5-9-13(4)10-11(3)7-8-12(14)6-2/h6-8,11,14H,5,9-10H2,1-4H3/b8-7-,12-6+. The first-order valence-electron chi connectivity index (χ1n) is 5.32. The van der Waals surface area contributed by atoms with Crippen LogP contribution >= 0.6 is 0 Å². The molecule has 14 heavy (non-hydrogen) atoms. The zero-order chi connectivity index (χ0) is 11.0. The minimum atomic E-state index is 0.343. The zero-order valence-corrected chi connectivity index (χ0v) is 9.83. The highest BCUT2D eigenvalue weighted by atomic mass is 16.3. The molecule has 1 atom stereocenters. The Morgan fingerprint density at radius 1 is 1.50 bits per heavy atom. The van der Waals surface area contributed by atoms with E-state index in [1.165, 1.54) is 6.42 Å². The van der Waals surface area contributed by atoms with E-state index in [0.29, 0.717) is 11.7 Å². The molecule has 1 unspecified atom stereocenters. The van der Waals surface area contributed by atoms with Gasteiger partial charge in [-0.1, -0.05) is 19.9 Å². The first kappa shape index (κ1) is 13.2. The third-order valence-corrected chi connectivity index (χ3v) is 2.10. The van der Waals surface area contributed by atoms with Gasteiger partial charge in [-0.25, -0.2) is 0 Å². The Hall–Kier alpha value is -0.760. The van der Waals surface area contributed by atoms with Gasteiger partial charge in [0.2, 0.25) is 0 Å². The molecule has 0 aromatic heterocycles. The van der Waals surface area contributed by atoms with Gasteiger partial charge in [-0.05, 0) is 45.0 Å². The maximum atomic E-state index is 9.21. The molecule has 0 fully saturated rings. The van der Waals surface area contributed by atoms with Crippen molar-refractivity contribution in [3.63, 3.8) is 0 Å². The van der Waals surface area contributed by atoms with Crippen molar-refractivity contribution in [3.8, 4) is 0 Å². The molecule has 0 bridgehead atoms. The Labute approximate surface area is 87.9 Å². The fraction of sp³-hybridized carbons (Fsp3) is 0.667. The van der Waals surface area contributed by atoms with E-state index < -0.39 is 0 Å². The van der Waals surface area contributed by atoms with Gasteiger partial charge in [-0.2, -0.15) is 0 Å². The summed E-state index contributed by atoms with van der Waals surface area (Å²) in [5.74, 6) is 0.823. The smallest absolute Gasteiger partial charge is 0.111 e. The van der Waals surface area contributed by atoms with Gasteiger partial charge in [0.25, 0.3) is 0 Å². The molecular formula is C12H23NO. The van der Waals surface area contributed by atoms with Crippen molar-refractivity contribution in [2.45, 2.75) is 27.2 Å². The summed E-state index contributed by atoms with van der Waals surface area (Å²) in [6.07, 6.45) is 6.69. The summed E-state index contributed by atoms with van der Waals surface area (Å²) in [6, 6.07) is 0. The van der Waals surface area contributed by atoms with E-state index in [9.17, 15) is 5.11 Å². The third-order valence-electron chi connectivity index (χ3n) is 2.10. The molecule has 82 valence electrons. The lowest BCUT2D eigenvalue weighted by atomic mass is 10.1. The molecule has 0 aliphatic carbocycles. The van der Waals surface area contributed by atoms with Gasteiger partial charge >= 0.3 is 0 Å². The molecule has 0 spiro atoms. The minimum absolute atomic E-state index is 0.343. The average Bonchev–Trinajstić information content (AvgIpc) is 2.14. The second-order valence-electron chi connectivity index (χ2n) is 3.81. The number of aliphatic hydroxyl groups excluding tert-OH is 1. The Balaban J connectivity index is 3.85. The van der Waals surface area contributed by atoms with Crippen LogP contribution in [-0.2, 0) is 0 Å². The molecule has 0 aliphatic rings. The molecule has 0 aromatic carbocycles. The second kappa shape index (κ2) is 7.63. The van der Waals surface area contributed by atoms with E-state index >= 15 is 0 Å². The van der Waals surface area contributed by atoms with Crippen molar-refractivity contribution in [1.82, 2.24) is 4.90 Å². The van der Waals surface area contributed by atoms with Crippen molar-refractivity contribution in [2.75, 3.05) is 20.1 Å². The summed E-state index contributed by atoms with van der Waals surface area (Å²) in [5, 5.41) is 9.21. The Morgan fingerprint density at radius 2 is 2.14 bits per heavy atom. The number of hydrogen-bond donors (Lipinski definition) is 1. The van der Waals surface area contributed by atoms with Crippen molar-refractivity contribution in [2.24, 2.45) is 5.92 Å². The Kier molecular flexibility index (Phi) is 7.21. The van der Waals surface area contributed by atoms with Crippen molar-refractivity contribution in [3.05, 3.63) is 24.0 Å². The lowest BCUT2D eigenvalue weighted by molar-refractivity contribution is 0.308. The van der Waals surface area contributed by atoms with Crippen LogP contribution in [0.2, 0.25) is 0 Å². The average molecular weight is 197 g/mol. The lowest BCUT2D eigenvalue weighted by Gasteiger charge is -2.18. The summed E-state index contributed by atoms with van der Waals surface area (Å²) in [6.45, 7) is 8.34. The summed E-state index contributed by atoms with van der Waals surface area (Å²) >= 11 is 0. The number of allylic oxidation sites excluding steroid dienone is 2. The minimum Gasteiger partial charge on any atom is -0.508 e. The molecule has 0 amide bonds. The first-order valence-corrected chi connectivity index (χ1v) is 5.32. The van der Waals surface area contributed by atoms with Gasteiger partial charge < -0.3 is 10.0 Å². The van der Waals surface area contributed by atoms with Crippen molar-refractivity contribution in [1.29, 1.82) is 0 Å². The molecule has 0 saturated heterocycles. The van der Waals surface area contributed by atoms with E-state index in [2.05, 4.69) is 25.8 Å². The number of rotatable bonds is 6. The van der Waals surface area contributed by atoms with Crippen LogP contribution < -0.4 is 0 Å². The fourth-order valence-corrected chi connectivity index (χ4v) is 1.38. The summed E-state index contributed by atoms with van der Waals surface area (Å²) in [4.78, 5) is 2.31. The Bertz CT molecular complexity index is 196. The molecule has 1 N–H and O–H groups in total. The van der Waals surface area contributed by atoms with Crippen LogP contribution in [0.15, 0.2) is 24.0 Å². The van der Waals surface area contributed by atoms with Gasteiger partial charge in [0, 0.05) is 6.54 Å². The summed E-state index contributed by atoms with van der Waals surface area (Å²) in [7, 11) is 2.13. The normalized spacial score (nSPS) is 15.4. The summed E-state index contributed by atoms with van der Waals surface area (Å²) < 4.78 is 0. The molecule has 0 aliphatic heterocycles. The molecule has 2 nitrogen and oxygen atoms in total. The van der Waals surface area contributed by atoms with E-state index in [4.69, 9.17) is 0 Å². The highest BCUT2D eigenvalue weighted by molar-refractivity contribution is 5.10. The largest absolute Gasteiger partial charge is 0.508 e. The maximum absolute atomic E-state index is 9.21. The highest BCUT2D eigenvalue weighted by Gasteiger charge is 2.01. The quantitative estimate of drug-likeness (QED) is 0.522. The SMILES string of the molecule is C/C=C(O)\C=C/C(C)CN(C)CCC. The van der Waals surface area contributed by atoms with Crippen LogP contribution in [-0.4, -0.2) is 30.1 Å². The van der Waals surface area contributed by atoms with Gasteiger partial charge in [-0.15, -0.1) is 0 Å². The van der Waals surface area contributed by atoms with Crippen LogP contribution in [0.3, 0.4) is 0 Å². The summed E-state index contributed by atoms with van der Waals surface area (Å²) in [5.41, 5.74) is 0. The van der Waals surface area contributed by atoms with Crippen molar-refractivity contribution < 1.29 is 5.11 Å². The van der Waals surface area contributed by atoms with Gasteiger partial charge in [0.05, 0.1) is 0 Å². The number of hydrogen-bond acceptors (Lipinski definition) is 2. The lowest BCUT2D eigenvalue weighted by Crippen LogP contribution is -2.24. The van der Waals surface area contributed by atoms with Gasteiger partial charge in [0.1, 0.15) is 5.76 Å². The number of aliphatic hydroxyl groups is 1. The second-order valence-corrected chi connectivity index (χ2v) is 3.81. The van der Waals surface area contributed by atoms with Crippen LogP contribution in [0, 0.1) is 5.92 Å². The van der Waals surface area contributed by atoms with E-state index in [-0.39, 0.29) is 0 Å². The highest BCUT2D eigenvalue weighted by Crippen LogP contribution is 2.02. The molecule has 0 rings (SSSR count). The van der Waals surface area contributed by atoms with Crippen molar-refractivity contribution >= 4 is 0 Å². The van der Waals surface area contributed by atoms with Crippen LogP contribution in [0.5, 0.6) is 0 Å². The molecule has 0 radical (unpaired) electrons. The molecule has 0 heterocycles. The third kappa shape index (κ3) is 6.72. The van der Waals surface area contributed by atoms with E-state index in [1.54, 1.807) is 12.2 Å². The zero-order valence-electron chi connectivity index (χ0n) is 9.83.